The van der Waals surface area contributed by atoms with Gasteiger partial charge in [-0.1, -0.05) is 36.4 Å². The Balaban J connectivity index is 1.99. The van der Waals surface area contributed by atoms with Crippen LogP contribution in [0, 0.1) is 0 Å². The van der Waals surface area contributed by atoms with E-state index in [1.807, 2.05) is 6.07 Å². The fraction of sp³-hybridized carbons (Fsp3) is 0.222. The molecule has 8 heteroatoms. The van der Waals surface area contributed by atoms with E-state index in [-0.39, 0.29) is 18.0 Å². The first-order valence-corrected chi connectivity index (χ1v) is 7.80. The van der Waals surface area contributed by atoms with Gasteiger partial charge in [-0.2, -0.15) is 13.2 Å². The van der Waals surface area contributed by atoms with Crippen LogP contribution in [0.1, 0.15) is 30.5 Å². The van der Waals surface area contributed by atoms with Crippen LogP contribution >= 0.6 is 0 Å². The maximum absolute atomic E-state index is 12.7. The summed E-state index contributed by atoms with van der Waals surface area (Å²) in [5.41, 5.74) is 4.82. The lowest BCUT2D eigenvalue weighted by Gasteiger charge is -2.18. The van der Waals surface area contributed by atoms with Gasteiger partial charge in [0.25, 0.3) is 0 Å². The van der Waals surface area contributed by atoms with Crippen LogP contribution in [-0.4, -0.2) is 11.8 Å². The van der Waals surface area contributed by atoms with Crippen LogP contribution in [0.25, 0.3) is 0 Å². The Morgan fingerprint density at radius 2 is 1.73 bits per heavy atom. The van der Waals surface area contributed by atoms with Crippen molar-refractivity contribution in [2.75, 3.05) is 5.43 Å². The molecular formula is C18H18F3N3O2. The van der Waals surface area contributed by atoms with Crippen molar-refractivity contribution in [3.8, 4) is 0 Å². The van der Waals surface area contributed by atoms with Crippen LogP contribution in [0.5, 0.6) is 0 Å². The fourth-order valence-corrected chi connectivity index (χ4v) is 2.33. The minimum absolute atomic E-state index is 0.0739. The van der Waals surface area contributed by atoms with Crippen molar-refractivity contribution >= 4 is 17.5 Å². The molecule has 0 unspecified atom stereocenters. The van der Waals surface area contributed by atoms with Crippen molar-refractivity contribution in [2.45, 2.75) is 25.6 Å². The largest absolute Gasteiger partial charge is 0.416 e. The summed E-state index contributed by atoms with van der Waals surface area (Å²) in [6.45, 7) is 1.34. The summed E-state index contributed by atoms with van der Waals surface area (Å²) in [5.74, 6) is -0.775. The van der Waals surface area contributed by atoms with E-state index in [0.29, 0.717) is 0 Å². The summed E-state index contributed by atoms with van der Waals surface area (Å²) in [5, 5.41) is 2.68. The van der Waals surface area contributed by atoms with Gasteiger partial charge in [-0.05, 0) is 23.8 Å². The number of carbonyl (C=O) groups excluding carboxylic acids is 2. The molecule has 26 heavy (non-hydrogen) atoms. The lowest BCUT2D eigenvalue weighted by Crippen LogP contribution is -2.35. The van der Waals surface area contributed by atoms with Gasteiger partial charge in [-0.15, -0.1) is 0 Å². The molecule has 0 heterocycles. The molecule has 2 rings (SSSR count). The lowest BCUT2D eigenvalue weighted by molar-refractivity contribution is -0.137. The molecule has 0 saturated carbocycles. The number of hydrogen-bond acceptors (Lipinski definition) is 3. The molecule has 0 spiro atoms. The Hall–Kier alpha value is -3.03. The number of anilines is 1. The van der Waals surface area contributed by atoms with Crippen molar-refractivity contribution in [3.63, 3.8) is 0 Å². The number of alkyl halides is 3. The highest BCUT2D eigenvalue weighted by molar-refractivity contribution is 5.80. The van der Waals surface area contributed by atoms with Crippen molar-refractivity contribution in [3.05, 3.63) is 65.7 Å². The number of nitrogens with one attached hydrogen (secondary N) is 3. The summed E-state index contributed by atoms with van der Waals surface area (Å²) in [6.07, 6.45) is -4.54. The van der Waals surface area contributed by atoms with Crippen LogP contribution < -0.4 is 16.2 Å². The number of rotatable bonds is 6. The third-order valence-corrected chi connectivity index (χ3v) is 3.51. The van der Waals surface area contributed by atoms with E-state index >= 15 is 0 Å². The molecule has 0 fully saturated rings. The number of carbonyl (C=O) groups is 2. The predicted octanol–water partition coefficient (Wildman–Crippen LogP) is 3.42. The second-order valence-electron chi connectivity index (χ2n) is 5.62. The minimum atomic E-state index is -4.47. The average molecular weight is 365 g/mol. The molecule has 2 aromatic rings. The summed E-state index contributed by atoms with van der Waals surface area (Å²) in [6, 6.07) is 12.8. The Labute approximate surface area is 148 Å². The van der Waals surface area contributed by atoms with E-state index in [2.05, 4.69) is 16.2 Å². The third-order valence-electron chi connectivity index (χ3n) is 3.51. The first-order valence-electron chi connectivity index (χ1n) is 7.80. The molecular weight excluding hydrogens is 347 g/mol. The average Bonchev–Trinajstić information content (AvgIpc) is 2.59. The summed E-state index contributed by atoms with van der Waals surface area (Å²) in [4.78, 5) is 23.5. The van der Waals surface area contributed by atoms with Crippen LogP contribution in [0.3, 0.4) is 0 Å². The van der Waals surface area contributed by atoms with E-state index in [1.165, 1.54) is 19.1 Å². The zero-order valence-corrected chi connectivity index (χ0v) is 13.9. The van der Waals surface area contributed by atoms with Crippen molar-refractivity contribution in [2.24, 2.45) is 0 Å². The zero-order chi connectivity index (χ0) is 19.2. The topological polar surface area (TPSA) is 70.2 Å². The summed E-state index contributed by atoms with van der Waals surface area (Å²) in [7, 11) is 0. The van der Waals surface area contributed by atoms with Gasteiger partial charge >= 0.3 is 6.18 Å². The van der Waals surface area contributed by atoms with Gasteiger partial charge in [0, 0.05) is 6.92 Å². The molecule has 5 nitrogen and oxygen atoms in total. The lowest BCUT2D eigenvalue weighted by atomic mass is 10.0. The van der Waals surface area contributed by atoms with E-state index in [9.17, 15) is 22.8 Å². The van der Waals surface area contributed by atoms with Gasteiger partial charge in [0.05, 0.1) is 23.7 Å². The molecule has 138 valence electrons. The number of benzene rings is 2. The van der Waals surface area contributed by atoms with Gasteiger partial charge in [0.2, 0.25) is 11.8 Å². The predicted molar refractivity (Wildman–Crippen MR) is 90.8 cm³/mol. The van der Waals surface area contributed by atoms with Gasteiger partial charge in [0.15, 0.2) is 0 Å². The maximum Gasteiger partial charge on any atom is 0.416 e. The van der Waals surface area contributed by atoms with Gasteiger partial charge in [0.1, 0.15) is 0 Å². The van der Waals surface area contributed by atoms with Crippen LogP contribution in [0.2, 0.25) is 0 Å². The standard InChI is InChI=1S/C18H18F3N3O2/c1-12(25)22-16(13-6-3-2-4-7-13)11-17(26)24-23-15-9-5-8-14(10-15)18(19,20)21/h2-10,16,23H,11H2,1H3,(H,22,25)(H,24,26)/t16-/m1/s1. The van der Waals surface area contributed by atoms with Crippen LogP contribution in [-0.2, 0) is 15.8 Å². The number of hydrogen-bond donors (Lipinski definition) is 3. The highest BCUT2D eigenvalue weighted by atomic mass is 19.4. The summed E-state index contributed by atoms with van der Waals surface area (Å²) >= 11 is 0. The second kappa shape index (κ2) is 8.37. The Kier molecular flexibility index (Phi) is 6.21. The third kappa shape index (κ3) is 5.80. The zero-order valence-electron chi connectivity index (χ0n) is 13.9. The van der Waals surface area contributed by atoms with Crippen LogP contribution in [0.15, 0.2) is 54.6 Å². The quantitative estimate of drug-likeness (QED) is 0.687. The van der Waals surface area contributed by atoms with E-state index in [1.54, 1.807) is 24.3 Å². The molecule has 0 aliphatic carbocycles. The molecule has 0 aliphatic heterocycles. The van der Waals surface area contributed by atoms with Crippen molar-refractivity contribution in [1.82, 2.24) is 10.7 Å². The first kappa shape index (κ1) is 19.3. The smallest absolute Gasteiger partial charge is 0.349 e. The SMILES string of the molecule is CC(=O)N[C@H](CC(=O)NNc1cccc(C(F)(F)F)c1)c1ccccc1. The van der Waals surface area contributed by atoms with E-state index in [0.717, 1.165) is 17.7 Å². The fourth-order valence-electron chi connectivity index (χ4n) is 2.33. The molecule has 1 atom stereocenters. The maximum atomic E-state index is 12.7. The van der Waals surface area contributed by atoms with Crippen molar-refractivity contribution in [1.29, 1.82) is 0 Å². The highest BCUT2D eigenvalue weighted by Gasteiger charge is 2.30. The highest BCUT2D eigenvalue weighted by Crippen LogP contribution is 2.30. The van der Waals surface area contributed by atoms with Gasteiger partial charge in [-0.25, -0.2) is 0 Å². The van der Waals surface area contributed by atoms with Crippen LogP contribution in [0.4, 0.5) is 18.9 Å². The monoisotopic (exact) mass is 365 g/mol. The summed E-state index contributed by atoms with van der Waals surface area (Å²) < 4.78 is 38.1. The molecule has 0 bridgehead atoms. The number of amides is 2. The molecule has 3 N–H and O–H groups in total. The molecule has 2 aromatic carbocycles. The Bertz CT molecular complexity index is 764. The molecule has 2 amide bonds. The number of hydrazine groups is 1. The van der Waals surface area contributed by atoms with Gasteiger partial charge < -0.3 is 5.32 Å². The Morgan fingerprint density at radius 1 is 1.04 bits per heavy atom. The van der Waals surface area contributed by atoms with Gasteiger partial charge in [-0.3, -0.25) is 20.4 Å². The molecule has 0 aliphatic rings. The normalized spacial score (nSPS) is 12.2. The second-order valence-corrected chi connectivity index (χ2v) is 5.62. The molecule has 0 saturated heterocycles. The van der Waals surface area contributed by atoms with Crippen molar-refractivity contribution < 1.29 is 22.8 Å². The van der Waals surface area contributed by atoms with E-state index in [4.69, 9.17) is 0 Å². The molecule has 0 radical (unpaired) electrons. The van der Waals surface area contributed by atoms with E-state index < -0.39 is 23.7 Å². The molecule has 0 aromatic heterocycles. The first-order chi connectivity index (χ1) is 12.3. The Morgan fingerprint density at radius 3 is 2.35 bits per heavy atom. The minimum Gasteiger partial charge on any atom is -0.349 e. The number of halogens is 3.